The molecule has 0 unspecified atom stereocenters. The van der Waals surface area contributed by atoms with Gasteiger partial charge >= 0.3 is 0 Å². The quantitative estimate of drug-likeness (QED) is 0.805. The van der Waals surface area contributed by atoms with Gasteiger partial charge in [0.05, 0.1) is 18.2 Å². The van der Waals surface area contributed by atoms with Crippen LogP contribution in [0.25, 0.3) is 0 Å². The summed E-state index contributed by atoms with van der Waals surface area (Å²) in [4.78, 5) is 0. The SMILES string of the molecule is COc1c(Cl)cccc1[C@@H](O)CCN. The molecule has 1 rings (SSSR count). The molecule has 78 valence electrons. The lowest BCUT2D eigenvalue weighted by Gasteiger charge is -2.14. The molecule has 0 fully saturated rings. The minimum atomic E-state index is -0.617. The van der Waals surface area contributed by atoms with E-state index in [0.29, 0.717) is 29.3 Å². The fourth-order valence-corrected chi connectivity index (χ4v) is 1.58. The smallest absolute Gasteiger partial charge is 0.143 e. The summed E-state index contributed by atoms with van der Waals surface area (Å²) in [6.07, 6.45) is -0.120. The molecule has 0 aromatic heterocycles. The molecule has 0 radical (unpaired) electrons. The van der Waals surface area contributed by atoms with Gasteiger partial charge in [0.25, 0.3) is 0 Å². The van der Waals surface area contributed by atoms with Crippen LogP contribution in [0.4, 0.5) is 0 Å². The van der Waals surface area contributed by atoms with Crippen LogP contribution in [0.15, 0.2) is 18.2 Å². The lowest BCUT2D eigenvalue weighted by atomic mass is 10.1. The highest BCUT2D eigenvalue weighted by atomic mass is 35.5. The van der Waals surface area contributed by atoms with Crippen LogP contribution in [0.3, 0.4) is 0 Å². The first-order valence-corrected chi connectivity index (χ1v) is 4.79. The van der Waals surface area contributed by atoms with Crippen molar-refractivity contribution in [2.75, 3.05) is 13.7 Å². The second-order valence-electron chi connectivity index (χ2n) is 2.96. The van der Waals surface area contributed by atoms with Gasteiger partial charge in [-0.05, 0) is 19.0 Å². The number of methoxy groups -OCH3 is 1. The van der Waals surface area contributed by atoms with Crippen molar-refractivity contribution in [1.82, 2.24) is 0 Å². The number of ether oxygens (including phenoxy) is 1. The number of para-hydroxylation sites is 1. The molecular weight excluding hydrogens is 202 g/mol. The highest BCUT2D eigenvalue weighted by Crippen LogP contribution is 2.33. The largest absolute Gasteiger partial charge is 0.495 e. The molecule has 0 bridgehead atoms. The Bertz CT molecular complexity index is 304. The molecule has 0 saturated heterocycles. The minimum absolute atomic E-state index is 0.427. The third-order valence-electron chi connectivity index (χ3n) is 2.00. The topological polar surface area (TPSA) is 55.5 Å². The summed E-state index contributed by atoms with van der Waals surface area (Å²) in [5, 5.41) is 10.2. The van der Waals surface area contributed by atoms with E-state index in [9.17, 15) is 5.11 Å². The Morgan fingerprint density at radius 3 is 2.86 bits per heavy atom. The van der Waals surface area contributed by atoms with E-state index in [-0.39, 0.29) is 0 Å². The molecule has 3 N–H and O–H groups in total. The van der Waals surface area contributed by atoms with Crippen molar-refractivity contribution in [3.8, 4) is 5.75 Å². The number of nitrogens with two attached hydrogens (primary N) is 1. The molecule has 0 saturated carbocycles. The maximum Gasteiger partial charge on any atom is 0.143 e. The first kappa shape index (κ1) is 11.3. The van der Waals surface area contributed by atoms with Gasteiger partial charge in [0.1, 0.15) is 5.75 Å². The predicted molar refractivity (Wildman–Crippen MR) is 56.6 cm³/mol. The average molecular weight is 216 g/mol. The van der Waals surface area contributed by atoms with Gasteiger partial charge in [-0.3, -0.25) is 0 Å². The van der Waals surface area contributed by atoms with E-state index in [1.165, 1.54) is 7.11 Å². The van der Waals surface area contributed by atoms with Crippen LogP contribution in [-0.2, 0) is 0 Å². The predicted octanol–water partition coefficient (Wildman–Crippen LogP) is 1.73. The summed E-state index contributed by atoms with van der Waals surface area (Å²) in [7, 11) is 1.53. The van der Waals surface area contributed by atoms with Crippen LogP contribution in [0, 0.1) is 0 Å². The maximum absolute atomic E-state index is 9.74. The molecule has 14 heavy (non-hydrogen) atoms. The molecule has 1 aromatic carbocycles. The average Bonchev–Trinajstić information content (AvgIpc) is 2.17. The third kappa shape index (κ3) is 2.38. The Hall–Kier alpha value is -0.770. The number of rotatable bonds is 4. The molecule has 0 spiro atoms. The van der Waals surface area contributed by atoms with E-state index in [1.54, 1.807) is 18.2 Å². The van der Waals surface area contributed by atoms with E-state index >= 15 is 0 Å². The van der Waals surface area contributed by atoms with Gasteiger partial charge in [-0.2, -0.15) is 0 Å². The van der Waals surface area contributed by atoms with E-state index in [1.807, 2.05) is 0 Å². The zero-order valence-corrected chi connectivity index (χ0v) is 8.79. The van der Waals surface area contributed by atoms with Gasteiger partial charge in [0.2, 0.25) is 0 Å². The fraction of sp³-hybridized carbons (Fsp3) is 0.400. The number of hydrogen-bond acceptors (Lipinski definition) is 3. The van der Waals surface area contributed by atoms with E-state index < -0.39 is 6.10 Å². The Balaban J connectivity index is 3.00. The number of aliphatic hydroxyl groups excluding tert-OH is 1. The Labute approximate surface area is 88.4 Å². The van der Waals surface area contributed by atoms with Crippen LogP contribution in [0.5, 0.6) is 5.75 Å². The molecular formula is C10H14ClNO2. The first-order valence-electron chi connectivity index (χ1n) is 4.41. The fourth-order valence-electron chi connectivity index (χ4n) is 1.32. The summed E-state index contributed by atoms with van der Waals surface area (Å²) in [5.74, 6) is 0.523. The van der Waals surface area contributed by atoms with Crippen molar-refractivity contribution in [2.45, 2.75) is 12.5 Å². The lowest BCUT2D eigenvalue weighted by Crippen LogP contribution is -2.08. The highest BCUT2D eigenvalue weighted by molar-refractivity contribution is 6.32. The van der Waals surface area contributed by atoms with Crippen LogP contribution in [0.1, 0.15) is 18.1 Å². The van der Waals surface area contributed by atoms with Crippen molar-refractivity contribution in [2.24, 2.45) is 5.73 Å². The van der Waals surface area contributed by atoms with Gasteiger partial charge in [-0.25, -0.2) is 0 Å². The molecule has 0 heterocycles. The van der Waals surface area contributed by atoms with Crippen molar-refractivity contribution in [1.29, 1.82) is 0 Å². The van der Waals surface area contributed by atoms with Crippen molar-refractivity contribution < 1.29 is 9.84 Å². The molecule has 1 atom stereocenters. The minimum Gasteiger partial charge on any atom is -0.495 e. The van der Waals surface area contributed by atoms with Gasteiger partial charge < -0.3 is 15.6 Å². The van der Waals surface area contributed by atoms with Crippen LogP contribution < -0.4 is 10.5 Å². The molecule has 1 aromatic rings. The molecule has 4 heteroatoms. The summed E-state index contributed by atoms with van der Waals surface area (Å²) < 4.78 is 5.11. The molecule has 0 aliphatic carbocycles. The van der Waals surface area contributed by atoms with Gasteiger partial charge in [0.15, 0.2) is 0 Å². The maximum atomic E-state index is 9.74. The highest BCUT2D eigenvalue weighted by Gasteiger charge is 2.14. The molecule has 0 amide bonds. The first-order chi connectivity index (χ1) is 6.70. The summed E-state index contributed by atoms with van der Waals surface area (Å²) in [6, 6.07) is 5.28. The van der Waals surface area contributed by atoms with E-state index in [2.05, 4.69) is 0 Å². The Morgan fingerprint density at radius 2 is 2.29 bits per heavy atom. The normalized spacial score (nSPS) is 12.6. The summed E-state index contributed by atoms with van der Waals surface area (Å²) in [5.41, 5.74) is 6.05. The summed E-state index contributed by atoms with van der Waals surface area (Å²) in [6.45, 7) is 0.427. The molecule has 3 nitrogen and oxygen atoms in total. The molecule has 0 aliphatic heterocycles. The summed E-state index contributed by atoms with van der Waals surface area (Å²) >= 11 is 5.91. The number of halogens is 1. The molecule has 0 aliphatic rings. The Kier molecular flexibility index (Phi) is 4.20. The van der Waals surface area contributed by atoms with Crippen LogP contribution in [0.2, 0.25) is 5.02 Å². The zero-order chi connectivity index (χ0) is 10.6. The number of aliphatic hydroxyl groups is 1. The second kappa shape index (κ2) is 5.20. The van der Waals surface area contributed by atoms with Crippen LogP contribution in [-0.4, -0.2) is 18.8 Å². The second-order valence-corrected chi connectivity index (χ2v) is 3.36. The zero-order valence-electron chi connectivity index (χ0n) is 8.03. The van der Waals surface area contributed by atoms with E-state index in [4.69, 9.17) is 22.1 Å². The van der Waals surface area contributed by atoms with Crippen molar-refractivity contribution in [3.63, 3.8) is 0 Å². The van der Waals surface area contributed by atoms with Crippen molar-refractivity contribution >= 4 is 11.6 Å². The van der Waals surface area contributed by atoms with E-state index in [0.717, 1.165) is 0 Å². The number of benzene rings is 1. The third-order valence-corrected chi connectivity index (χ3v) is 2.30. The monoisotopic (exact) mass is 215 g/mol. The van der Waals surface area contributed by atoms with Gasteiger partial charge in [-0.15, -0.1) is 0 Å². The lowest BCUT2D eigenvalue weighted by molar-refractivity contribution is 0.166. The Morgan fingerprint density at radius 1 is 1.57 bits per heavy atom. The standard InChI is InChI=1S/C10H14ClNO2/c1-14-10-7(9(13)5-6-12)3-2-4-8(10)11/h2-4,9,13H,5-6,12H2,1H3/t9-/m0/s1. The number of hydrogen-bond donors (Lipinski definition) is 2. The van der Waals surface area contributed by atoms with Crippen molar-refractivity contribution in [3.05, 3.63) is 28.8 Å². The van der Waals surface area contributed by atoms with Gasteiger partial charge in [0, 0.05) is 5.56 Å². The van der Waals surface area contributed by atoms with Crippen LogP contribution >= 0.6 is 11.6 Å². The van der Waals surface area contributed by atoms with Gasteiger partial charge in [-0.1, -0.05) is 23.7 Å².